The maximum absolute atomic E-state index is 12.6. The molecule has 2 fully saturated rings. The molecule has 9 heteroatoms. The lowest BCUT2D eigenvalue weighted by atomic mass is 9.99. The summed E-state index contributed by atoms with van der Waals surface area (Å²) in [4.78, 5) is 23.6. The van der Waals surface area contributed by atoms with Crippen molar-refractivity contribution in [3.8, 4) is 29.1 Å². The van der Waals surface area contributed by atoms with Crippen molar-refractivity contribution < 1.29 is 9.53 Å². The summed E-state index contributed by atoms with van der Waals surface area (Å²) in [6, 6.07) is 19.2. The molecule has 2 aliphatic rings. The molecule has 4 aromatic rings. The van der Waals surface area contributed by atoms with Crippen molar-refractivity contribution in [2.75, 3.05) is 44.7 Å². The lowest BCUT2D eigenvalue weighted by Crippen LogP contribution is -2.55. The Morgan fingerprint density at radius 3 is 2.83 bits per heavy atom. The molecule has 6 rings (SSSR count). The summed E-state index contributed by atoms with van der Waals surface area (Å²) in [6.45, 7) is 6.47. The lowest BCUT2D eigenvalue weighted by Gasteiger charge is -2.42. The Labute approximate surface area is 249 Å². The second kappa shape index (κ2) is 11.8. The summed E-state index contributed by atoms with van der Waals surface area (Å²) < 4.78 is 7.56. The largest absolute Gasteiger partial charge is 0.475 e. The number of fused-ring (bicyclic) bond motifs is 2. The van der Waals surface area contributed by atoms with E-state index in [0.717, 1.165) is 47.1 Å². The molecular weight excluding hydrogens is 544 g/mol. The molecule has 0 unspecified atom stereocenters. The van der Waals surface area contributed by atoms with Crippen LogP contribution in [-0.2, 0) is 4.79 Å². The fraction of sp³-hybridized carbons (Fsp3) is 0.333. The minimum atomic E-state index is -0.323. The molecule has 2 aromatic carbocycles. The second-order valence-electron chi connectivity index (χ2n) is 10.9. The number of carbonyl (C=O) groups excluding carboxylic acids is 1. The van der Waals surface area contributed by atoms with E-state index in [-0.39, 0.29) is 24.4 Å². The van der Waals surface area contributed by atoms with Crippen LogP contribution in [0.3, 0.4) is 0 Å². The van der Waals surface area contributed by atoms with Gasteiger partial charge in [-0.05, 0) is 66.5 Å². The molecule has 212 valence electrons. The van der Waals surface area contributed by atoms with Gasteiger partial charge in [-0.1, -0.05) is 36.9 Å². The zero-order valence-corrected chi connectivity index (χ0v) is 24.4. The number of anilines is 1. The van der Waals surface area contributed by atoms with Crippen LogP contribution >= 0.6 is 11.3 Å². The van der Waals surface area contributed by atoms with Gasteiger partial charge >= 0.3 is 0 Å². The Bertz CT molecular complexity index is 1750. The summed E-state index contributed by atoms with van der Waals surface area (Å²) in [5, 5.41) is 24.2. The number of hydrogen-bond donors (Lipinski definition) is 0. The third-order valence-electron chi connectivity index (χ3n) is 8.49. The number of hydrogen-bond acceptors (Lipinski definition) is 8. The molecule has 0 bridgehead atoms. The number of nitriles is 2. The lowest BCUT2D eigenvalue weighted by molar-refractivity contribution is -0.128. The number of nitrogens with zero attached hydrogens (tertiary/aromatic N) is 6. The highest BCUT2D eigenvalue weighted by molar-refractivity contribution is 7.17. The molecule has 2 aliphatic heterocycles. The summed E-state index contributed by atoms with van der Waals surface area (Å²) >= 11 is 1.71. The van der Waals surface area contributed by atoms with Gasteiger partial charge in [0.15, 0.2) is 0 Å². The number of benzene rings is 2. The highest BCUT2D eigenvalue weighted by Crippen LogP contribution is 2.40. The Morgan fingerprint density at radius 1 is 1.19 bits per heavy atom. The summed E-state index contributed by atoms with van der Waals surface area (Å²) in [5.41, 5.74) is 4.05. The molecule has 42 heavy (non-hydrogen) atoms. The van der Waals surface area contributed by atoms with Gasteiger partial charge in [0.25, 0.3) is 0 Å². The van der Waals surface area contributed by atoms with E-state index in [1.807, 2.05) is 6.07 Å². The smallest absolute Gasteiger partial charge is 0.246 e. The number of pyridine rings is 1. The van der Waals surface area contributed by atoms with Crippen LogP contribution in [0.4, 0.5) is 5.69 Å². The molecule has 2 atom stereocenters. The third-order valence-corrected chi connectivity index (χ3v) is 9.46. The Hall–Kier alpha value is -4.44. The minimum Gasteiger partial charge on any atom is -0.475 e. The summed E-state index contributed by atoms with van der Waals surface area (Å²) in [7, 11) is 2.10. The van der Waals surface area contributed by atoms with Crippen LogP contribution in [0.15, 0.2) is 60.5 Å². The fourth-order valence-corrected chi connectivity index (χ4v) is 7.19. The Kier molecular flexibility index (Phi) is 7.80. The SMILES string of the molecule is C=CC(=O)N1CCN(c2c(C#N)c(OC[C@@H]3CCCN3C)nc3cc(-c4cccc5ccsc45)ccc23)C[C@@H]1CC#N. The Morgan fingerprint density at radius 2 is 2.07 bits per heavy atom. The van der Waals surface area contributed by atoms with E-state index in [0.29, 0.717) is 37.7 Å². The van der Waals surface area contributed by atoms with Crippen LogP contribution < -0.4 is 9.64 Å². The topological polar surface area (TPSA) is 96.5 Å². The first-order valence-electron chi connectivity index (χ1n) is 14.2. The van der Waals surface area contributed by atoms with Crippen molar-refractivity contribution in [2.24, 2.45) is 0 Å². The molecule has 1 amide bonds. The van der Waals surface area contributed by atoms with Gasteiger partial charge in [-0.2, -0.15) is 10.5 Å². The first-order valence-corrected chi connectivity index (χ1v) is 15.1. The van der Waals surface area contributed by atoms with Crippen molar-refractivity contribution in [2.45, 2.75) is 31.3 Å². The number of likely N-dealkylation sites (tertiary alicyclic amines) is 1. The van der Waals surface area contributed by atoms with Crippen LogP contribution in [0.2, 0.25) is 0 Å². The van der Waals surface area contributed by atoms with Gasteiger partial charge in [0, 0.05) is 35.8 Å². The van der Waals surface area contributed by atoms with Gasteiger partial charge in [0.1, 0.15) is 18.2 Å². The first-order chi connectivity index (χ1) is 20.5. The van der Waals surface area contributed by atoms with Crippen LogP contribution in [0.5, 0.6) is 5.88 Å². The number of amides is 1. The molecule has 0 saturated carbocycles. The number of likely N-dealkylation sites (N-methyl/N-ethyl adjacent to an activating group) is 1. The van der Waals surface area contributed by atoms with Crippen molar-refractivity contribution in [1.29, 1.82) is 10.5 Å². The van der Waals surface area contributed by atoms with Crippen LogP contribution in [0.1, 0.15) is 24.8 Å². The highest BCUT2D eigenvalue weighted by atomic mass is 32.1. The minimum absolute atomic E-state index is 0.188. The Balaban J connectivity index is 1.47. The van der Waals surface area contributed by atoms with E-state index in [9.17, 15) is 15.3 Å². The van der Waals surface area contributed by atoms with Gasteiger partial charge in [-0.25, -0.2) is 4.98 Å². The van der Waals surface area contributed by atoms with Crippen LogP contribution in [0.25, 0.3) is 32.1 Å². The highest BCUT2D eigenvalue weighted by Gasteiger charge is 2.33. The molecule has 0 spiro atoms. The maximum atomic E-state index is 12.6. The number of rotatable bonds is 7. The predicted molar refractivity (Wildman–Crippen MR) is 167 cm³/mol. The van der Waals surface area contributed by atoms with Gasteiger partial charge in [0.2, 0.25) is 11.8 Å². The van der Waals surface area contributed by atoms with E-state index in [1.165, 1.54) is 16.2 Å². The van der Waals surface area contributed by atoms with Crippen molar-refractivity contribution in [3.63, 3.8) is 0 Å². The average Bonchev–Trinajstić information content (AvgIpc) is 3.67. The standard InChI is InChI=1S/C33H32N6O2S/c1-3-30(40)39-16-15-38(20-24(39)11-13-34)31-27-10-9-23(26-8-4-6-22-12-17-42-32(22)26)18-29(27)36-33(28(31)19-35)41-21-25-7-5-14-37(25)2/h3-4,6,8-10,12,17-18,24-25H,1,5,7,11,14-16,20-21H2,2H3/t24-,25-/m0/s1. The van der Waals surface area contributed by atoms with E-state index in [2.05, 4.69) is 77.3 Å². The van der Waals surface area contributed by atoms with Crippen LogP contribution in [0, 0.1) is 22.7 Å². The fourth-order valence-electron chi connectivity index (χ4n) is 6.26. The normalized spacial score (nSPS) is 19.1. The van der Waals surface area contributed by atoms with Gasteiger partial charge in [-0.3, -0.25) is 4.79 Å². The maximum Gasteiger partial charge on any atom is 0.246 e. The quantitative estimate of drug-likeness (QED) is 0.265. The van der Waals surface area contributed by atoms with E-state index in [4.69, 9.17) is 9.72 Å². The molecule has 0 aliphatic carbocycles. The van der Waals surface area contributed by atoms with Crippen LogP contribution in [-0.4, -0.2) is 72.6 Å². The monoisotopic (exact) mass is 576 g/mol. The number of ether oxygens (including phenoxy) is 1. The predicted octanol–water partition coefficient (Wildman–Crippen LogP) is 5.58. The molecular formula is C33H32N6O2S. The number of carbonyl (C=O) groups is 1. The number of piperazine rings is 1. The molecule has 2 saturated heterocycles. The van der Waals surface area contributed by atoms with E-state index >= 15 is 0 Å². The van der Waals surface area contributed by atoms with Crippen molar-refractivity contribution in [1.82, 2.24) is 14.8 Å². The second-order valence-corrected chi connectivity index (χ2v) is 11.8. The van der Waals surface area contributed by atoms with Crippen molar-refractivity contribution >= 4 is 43.9 Å². The molecule has 8 nitrogen and oxygen atoms in total. The molecule has 0 radical (unpaired) electrons. The first kappa shape index (κ1) is 27.7. The number of aromatic nitrogens is 1. The third kappa shape index (κ3) is 5.07. The van der Waals surface area contributed by atoms with E-state index in [1.54, 1.807) is 16.2 Å². The van der Waals surface area contributed by atoms with Gasteiger partial charge in [0.05, 0.1) is 29.7 Å². The van der Waals surface area contributed by atoms with Crippen molar-refractivity contribution in [3.05, 3.63) is 66.1 Å². The van der Waals surface area contributed by atoms with Gasteiger partial charge in [-0.15, -0.1) is 11.3 Å². The summed E-state index contributed by atoms with van der Waals surface area (Å²) in [6.07, 6.45) is 3.65. The average molecular weight is 577 g/mol. The summed E-state index contributed by atoms with van der Waals surface area (Å²) in [5.74, 6) is 0.139. The number of thiophene rings is 1. The van der Waals surface area contributed by atoms with Gasteiger partial charge < -0.3 is 19.4 Å². The molecule has 2 aromatic heterocycles. The molecule has 0 N–H and O–H groups in total. The molecule has 4 heterocycles. The zero-order valence-electron chi connectivity index (χ0n) is 23.6. The van der Waals surface area contributed by atoms with E-state index < -0.39 is 0 Å². The zero-order chi connectivity index (χ0) is 29.2.